The van der Waals surface area contributed by atoms with Crippen molar-refractivity contribution in [3.63, 3.8) is 0 Å². The molecule has 2 aromatic heterocycles. The van der Waals surface area contributed by atoms with E-state index in [0.29, 0.717) is 5.69 Å². The molecular weight excluding hydrogens is 574 g/mol. The Kier molecular flexibility index (Phi) is 11.0. The van der Waals surface area contributed by atoms with Crippen LogP contribution in [0.5, 0.6) is 11.6 Å². The van der Waals surface area contributed by atoms with Crippen LogP contribution in [0.2, 0.25) is 0 Å². The van der Waals surface area contributed by atoms with Gasteiger partial charge in [-0.05, 0) is 79.3 Å². The van der Waals surface area contributed by atoms with Gasteiger partial charge in [-0.2, -0.15) is 0 Å². The number of aromatic hydroxyl groups is 2. The Morgan fingerprint density at radius 2 is 1.47 bits per heavy atom. The lowest BCUT2D eigenvalue weighted by Crippen LogP contribution is -2.39. The van der Waals surface area contributed by atoms with E-state index in [1.165, 1.54) is 23.3 Å². The molecule has 3 aliphatic rings. The molecule has 0 radical (unpaired) electrons. The van der Waals surface area contributed by atoms with Crippen molar-refractivity contribution in [1.82, 2.24) is 25.8 Å². The van der Waals surface area contributed by atoms with Gasteiger partial charge in [0.2, 0.25) is 11.6 Å². The number of piperazine rings is 2. The van der Waals surface area contributed by atoms with Crippen LogP contribution in [-0.2, 0) is 12.8 Å². The zero-order chi connectivity index (χ0) is 31.6. The number of carboxylic acids is 1. The molecule has 0 spiro atoms. The topological polar surface area (TPSA) is 169 Å². The highest BCUT2D eigenvalue weighted by molar-refractivity contribution is 5.85. The SMILES string of the molecule is C1CNCCN1.C1CNCCN1.Cc1cn(-c2ccc3c(c2)CCC3)c(O)c1N=Nc1cccc(-c2ccc(C(=O)O)o2)c1O. The highest BCUT2D eigenvalue weighted by atomic mass is 16.4. The van der Waals surface area contributed by atoms with Gasteiger partial charge in [-0.3, -0.25) is 4.57 Å². The van der Waals surface area contributed by atoms with Crippen molar-refractivity contribution in [2.45, 2.75) is 26.2 Å². The van der Waals surface area contributed by atoms with Gasteiger partial charge >= 0.3 is 5.97 Å². The number of aromatic nitrogens is 1. The second-order valence-corrected chi connectivity index (χ2v) is 11.0. The number of nitrogens with one attached hydrogen (secondary N) is 4. The second-order valence-electron chi connectivity index (χ2n) is 11.0. The number of furan rings is 1. The number of fused-ring (bicyclic) bond motifs is 1. The predicted octanol–water partition coefficient (Wildman–Crippen LogP) is 4.42. The molecule has 0 saturated carbocycles. The van der Waals surface area contributed by atoms with Gasteiger partial charge < -0.3 is 41.0 Å². The van der Waals surface area contributed by atoms with Gasteiger partial charge in [-0.25, -0.2) is 4.79 Å². The van der Waals surface area contributed by atoms with E-state index in [-0.39, 0.29) is 34.4 Å². The minimum Gasteiger partial charge on any atom is -0.505 e. The van der Waals surface area contributed by atoms with Crippen LogP contribution < -0.4 is 21.3 Å². The molecule has 238 valence electrons. The smallest absolute Gasteiger partial charge is 0.371 e. The molecule has 4 aromatic rings. The maximum absolute atomic E-state index is 11.1. The molecule has 12 heteroatoms. The van der Waals surface area contributed by atoms with Crippen molar-refractivity contribution in [2.24, 2.45) is 10.2 Å². The molecule has 12 nitrogen and oxygen atoms in total. The zero-order valence-electron chi connectivity index (χ0n) is 25.5. The van der Waals surface area contributed by atoms with Crippen molar-refractivity contribution < 1.29 is 24.5 Å². The number of aryl methyl sites for hydroxylation is 3. The fraction of sp³-hybridized carbons (Fsp3) is 0.364. The minimum absolute atomic E-state index is 0.0398. The number of carbonyl (C=O) groups is 1. The number of azo groups is 1. The molecule has 0 atom stereocenters. The normalized spacial score (nSPS) is 15.9. The molecule has 2 saturated heterocycles. The van der Waals surface area contributed by atoms with Gasteiger partial charge in [0.05, 0.1) is 5.56 Å². The first-order chi connectivity index (χ1) is 21.9. The highest BCUT2D eigenvalue weighted by Crippen LogP contribution is 2.41. The largest absolute Gasteiger partial charge is 0.505 e. The van der Waals surface area contributed by atoms with Crippen molar-refractivity contribution in [3.05, 3.63) is 77.2 Å². The quantitative estimate of drug-likeness (QED) is 0.161. The van der Waals surface area contributed by atoms with Crippen LogP contribution in [0.1, 0.15) is 33.7 Å². The summed E-state index contributed by atoms with van der Waals surface area (Å²) in [6, 6.07) is 13.7. The van der Waals surface area contributed by atoms with E-state index >= 15 is 0 Å². The first-order valence-corrected chi connectivity index (χ1v) is 15.4. The summed E-state index contributed by atoms with van der Waals surface area (Å²) in [6.07, 6.45) is 5.07. The summed E-state index contributed by atoms with van der Waals surface area (Å²) in [5.74, 6) is -1.48. The number of para-hydroxylation sites is 1. The van der Waals surface area contributed by atoms with Gasteiger partial charge in [0.1, 0.15) is 11.4 Å². The highest BCUT2D eigenvalue weighted by Gasteiger charge is 2.18. The number of hydrogen-bond acceptors (Lipinski definition) is 10. The Hall–Kier alpha value is -4.49. The van der Waals surface area contributed by atoms with E-state index < -0.39 is 5.97 Å². The van der Waals surface area contributed by atoms with E-state index in [9.17, 15) is 15.0 Å². The third-order valence-electron chi connectivity index (χ3n) is 7.77. The van der Waals surface area contributed by atoms with Crippen LogP contribution in [0.4, 0.5) is 11.4 Å². The number of rotatable bonds is 5. The van der Waals surface area contributed by atoms with E-state index in [2.05, 4.69) is 43.6 Å². The van der Waals surface area contributed by atoms with Crippen LogP contribution in [0, 0.1) is 6.92 Å². The molecule has 0 amide bonds. The van der Waals surface area contributed by atoms with Gasteiger partial charge in [-0.1, -0.05) is 12.1 Å². The minimum atomic E-state index is -1.20. The third-order valence-corrected chi connectivity index (χ3v) is 7.77. The Morgan fingerprint density at radius 3 is 2.07 bits per heavy atom. The number of phenolic OH excluding ortho intramolecular Hbond substituents is 1. The molecule has 2 aromatic carbocycles. The van der Waals surface area contributed by atoms with Crippen molar-refractivity contribution in [2.75, 3.05) is 52.4 Å². The lowest BCUT2D eigenvalue weighted by molar-refractivity contribution is 0.0663. The molecule has 7 N–H and O–H groups in total. The molecule has 45 heavy (non-hydrogen) atoms. The van der Waals surface area contributed by atoms with Gasteiger partial charge in [-0.15, -0.1) is 10.2 Å². The third kappa shape index (κ3) is 8.17. The van der Waals surface area contributed by atoms with Gasteiger partial charge in [0, 0.05) is 64.2 Å². The van der Waals surface area contributed by atoms with Crippen molar-refractivity contribution in [3.8, 4) is 28.6 Å². The molecule has 2 aliphatic heterocycles. The molecule has 1 aliphatic carbocycles. The number of aromatic carboxylic acids is 1. The summed E-state index contributed by atoms with van der Waals surface area (Å²) in [6.45, 7) is 10.9. The lowest BCUT2D eigenvalue weighted by Gasteiger charge is -2.11. The van der Waals surface area contributed by atoms with Gasteiger partial charge in [0.25, 0.3) is 0 Å². The van der Waals surface area contributed by atoms with Crippen LogP contribution in [-0.4, -0.2) is 78.2 Å². The number of benzene rings is 2. The summed E-state index contributed by atoms with van der Waals surface area (Å²) >= 11 is 0. The second kappa shape index (κ2) is 15.5. The average Bonchev–Trinajstić information content (AvgIpc) is 3.82. The van der Waals surface area contributed by atoms with E-state index in [0.717, 1.165) is 82.9 Å². The lowest BCUT2D eigenvalue weighted by atomic mass is 10.1. The molecule has 2 fully saturated rings. The Morgan fingerprint density at radius 1 is 0.822 bits per heavy atom. The first kappa shape index (κ1) is 31.9. The summed E-state index contributed by atoms with van der Waals surface area (Å²) in [7, 11) is 0. The zero-order valence-corrected chi connectivity index (χ0v) is 25.5. The maximum atomic E-state index is 11.1. The molecule has 4 heterocycles. The number of nitrogens with zero attached hydrogens (tertiary/aromatic N) is 3. The van der Waals surface area contributed by atoms with E-state index in [1.807, 2.05) is 13.0 Å². The Labute approximate surface area is 262 Å². The summed E-state index contributed by atoms with van der Waals surface area (Å²) < 4.78 is 6.95. The van der Waals surface area contributed by atoms with Crippen LogP contribution >= 0.6 is 0 Å². The van der Waals surface area contributed by atoms with E-state index in [1.54, 1.807) is 29.0 Å². The molecule has 0 bridgehead atoms. The van der Waals surface area contributed by atoms with Gasteiger partial charge in [0.15, 0.2) is 11.4 Å². The number of carboxylic acid groups (broad SMARTS) is 1. The first-order valence-electron chi connectivity index (χ1n) is 15.4. The summed E-state index contributed by atoms with van der Waals surface area (Å²) in [5.41, 5.74) is 4.97. The maximum Gasteiger partial charge on any atom is 0.371 e. The monoisotopic (exact) mass is 615 g/mol. The van der Waals surface area contributed by atoms with Crippen LogP contribution in [0.3, 0.4) is 0 Å². The summed E-state index contributed by atoms with van der Waals surface area (Å²) in [4.78, 5) is 11.1. The average molecular weight is 616 g/mol. The molecule has 7 rings (SSSR count). The van der Waals surface area contributed by atoms with Crippen LogP contribution in [0.15, 0.2) is 69.4 Å². The molecular formula is C33H41N7O5. The number of hydrogen-bond donors (Lipinski definition) is 7. The molecule has 0 unspecified atom stereocenters. The standard InChI is InChI=1S/C25H21N3O5.2C4H10N2/c1-14-13-28(17-9-8-15-4-2-5-16(15)12-17)24(30)22(14)27-26-19-7-3-6-18(23(19)29)20-10-11-21(33-20)25(31)32;2*1-2-6-4-3-5-1/h3,6-13,29-30H,2,4-5H2,1H3,(H,31,32);2*5-6H,1-4H2. The fourth-order valence-electron chi connectivity index (χ4n) is 5.35. The Balaban J connectivity index is 0.000000277. The van der Waals surface area contributed by atoms with Crippen molar-refractivity contribution >= 4 is 17.3 Å². The van der Waals surface area contributed by atoms with Crippen molar-refractivity contribution in [1.29, 1.82) is 0 Å². The number of phenols is 1. The van der Waals surface area contributed by atoms with Crippen LogP contribution in [0.25, 0.3) is 17.0 Å². The Bertz CT molecular complexity index is 1580. The fourth-order valence-corrected chi connectivity index (χ4v) is 5.35. The summed E-state index contributed by atoms with van der Waals surface area (Å²) in [5, 5.41) is 51.7. The van der Waals surface area contributed by atoms with E-state index in [4.69, 9.17) is 9.52 Å². The predicted molar refractivity (Wildman–Crippen MR) is 173 cm³/mol.